The zero-order chi connectivity index (χ0) is 18.1. The van der Waals surface area contributed by atoms with Crippen molar-refractivity contribution in [2.24, 2.45) is 0 Å². The predicted molar refractivity (Wildman–Crippen MR) is 106 cm³/mol. The van der Waals surface area contributed by atoms with Crippen molar-refractivity contribution >= 4 is 23.0 Å². The van der Waals surface area contributed by atoms with Gasteiger partial charge in [0, 0.05) is 5.69 Å². The SMILES string of the molecule is CCOc1ccc(Oc2ccc(NC(=S)NCC[NH+](C)C)cc2)cc1. The first kappa shape index (κ1) is 19.0. The smallest absolute Gasteiger partial charge is 0.170 e. The summed E-state index contributed by atoms with van der Waals surface area (Å²) in [6.45, 7) is 4.47. The molecule has 25 heavy (non-hydrogen) atoms. The minimum Gasteiger partial charge on any atom is -0.494 e. The summed E-state index contributed by atoms with van der Waals surface area (Å²) < 4.78 is 11.2. The molecule has 5 nitrogen and oxygen atoms in total. The van der Waals surface area contributed by atoms with Crippen LogP contribution in [0.25, 0.3) is 0 Å². The first-order chi connectivity index (χ1) is 12.1. The molecule has 0 aromatic heterocycles. The molecule has 0 unspecified atom stereocenters. The third-order valence-electron chi connectivity index (χ3n) is 3.39. The molecular weight excluding hydrogens is 334 g/mol. The summed E-state index contributed by atoms with van der Waals surface area (Å²) in [5.41, 5.74) is 0.925. The van der Waals surface area contributed by atoms with Gasteiger partial charge in [-0.1, -0.05) is 0 Å². The molecule has 0 aliphatic carbocycles. The molecular formula is C19H26N3O2S+. The van der Waals surface area contributed by atoms with Crippen molar-refractivity contribution in [2.45, 2.75) is 6.92 Å². The monoisotopic (exact) mass is 360 g/mol. The molecule has 0 bridgehead atoms. The number of hydrogen-bond acceptors (Lipinski definition) is 3. The Hall–Kier alpha value is -2.31. The van der Waals surface area contributed by atoms with Crippen molar-refractivity contribution in [1.29, 1.82) is 0 Å². The van der Waals surface area contributed by atoms with E-state index >= 15 is 0 Å². The molecule has 0 fully saturated rings. The van der Waals surface area contributed by atoms with E-state index in [9.17, 15) is 0 Å². The van der Waals surface area contributed by atoms with Crippen LogP contribution in [0.15, 0.2) is 48.5 Å². The number of hydrogen-bond donors (Lipinski definition) is 3. The van der Waals surface area contributed by atoms with Gasteiger partial charge in [0.15, 0.2) is 5.11 Å². The standard InChI is InChI=1S/C19H25N3O2S/c1-4-23-16-9-11-18(12-10-16)24-17-7-5-15(6-8-17)21-19(25)20-13-14-22(2)3/h5-12H,4,13-14H2,1-3H3,(H2,20,21,25)/p+1. The van der Waals surface area contributed by atoms with Gasteiger partial charge < -0.3 is 25.0 Å². The molecule has 0 amide bonds. The van der Waals surface area contributed by atoms with Gasteiger partial charge in [0.05, 0.1) is 33.8 Å². The van der Waals surface area contributed by atoms with E-state index in [1.165, 1.54) is 4.90 Å². The van der Waals surface area contributed by atoms with Crippen LogP contribution in [0.2, 0.25) is 0 Å². The fourth-order valence-electron chi connectivity index (χ4n) is 2.11. The highest BCUT2D eigenvalue weighted by Crippen LogP contribution is 2.25. The van der Waals surface area contributed by atoms with Gasteiger partial charge in [0.25, 0.3) is 0 Å². The number of rotatable bonds is 8. The van der Waals surface area contributed by atoms with Crippen LogP contribution in [0.5, 0.6) is 17.2 Å². The van der Waals surface area contributed by atoms with Gasteiger partial charge in [-0.3, -0.25) is 0 Å². The Labute approximate surface area is 154 Å². The first-order valence-corrected chi connectivity index (χ1v) is 8.82. The highest BCUT2D eigenvalue weighted by atomic mass is 32.1. The van der Waals surface area contributed by atoms with Gasteiger partial charge in [-0.25, -0.2) is 0 Å². The topological polar surface area (TPSA) is 47.0 Å². The van der Waals surface area contributed by atoms with Crippen LogP contribution >= 0.6 is 12.2 Å². The zero-order valence-corrected chi connectivity index (χ0v) is 15.8. The third-order valence-corrected chi connectivity index (χ3v) is 3.64. The van der Waals surface area contributed by atoms with E-state index in [-0.39, 0.29) is 0 Å². The number of thiocarbonyl (C=S) groups is 1. The second kappa shape index (κ2) is 9.86. The Morgan fingerprint density at radius 1 is 0.960 bits per heavy atom. The summed E-state index contributed by atoms with van der Waals surface area (Å²) in [5, 5.41) is 6.98. The summed E-state index contributed by atoms with van der Waals surface area (Å²) in [6, 6.07) is 15.3. The zero-order valence-electron chi connectivity index (χ0n) is 15.0. The molecule has 0 saturated heterocycles. The maximum atomic E-state index is 5.83. The number of anilines is 1. The maximum absolute atomic E-state index is 5.83. The van der Waals surface area contributed by atoms with Crippen LogP contribution in [0, 0.1) is 0 Å². The maximum Gasteiger partial charge on any atom is 0.170 e. The Morgan fingerprint density at radius 2 is 1.52 bits per heavy atom. The second-order valence-corrected chi connectivity index (χ2v) is 6.28. The summed E-state index contributed by atoms with van der Waals surface area (Å²) >= 11 is 5.28. The number of ether oxygens (including phenoxy) is 2. The van der Waals surface area contributed by atoms with Crippen LogP contribution in [-0.2, 0) is 0 Å². The average Bonchev–Trinajstić information content (AvgIpc) is 2.58. The van der Waals surface area contributed by atoms with Crippen LogP contribution in [0.3, 0.4) is 0 Å². The number of likely N-dealkylation sites (N-methyl/N-ethyl adjacent to an activating group) is 1. The summed E-state index contributed by atoms with van der Waals surface area (Å²) in [4.78, 5) is 1.38. The molecule has 2 aromatic carbocycles. The molecule has 2 aromatic rings. The molecule has 0 spiro atoms. The lowest BCUT2D eigenvalue weighted by molar-refractivity contribution is -0.856. The van der Waals surface area contributed by atoms with Crippen LogP contribution < -0.4 is 25.0 Å². The molecule has 0 saturated carbocycles. The molecule has 0 aliphatic heterocycles. The van der Waals surface area contributed by atoms with Gasteiger partial charge >= 0.3 is 0 Å². The third kappa shape index (κ3) is 6.99. The van der Waals surface area contributed by atoms with E-state index in [1.54, 1.807) is 0 Å². The molecule has 134 valence electrons. The molecule has 0 heterocycles. The van der Waals surface area contributed by atoms with E-state index in [1.807, 2.05) is 55.5 Å². The van der Waals surface area contributed by atoms with Crippen molar-refractivity contribution in [3.8, 4) is 17.2 Å². The summed E-state index contributed by atoms with van der Waals surface area (Å²) in [6.07, 6.45) is 0. The number of quaternary nitrogens is 1. The van der Waals surface area contributed by atoms with Gasteiger partial charge in [-0.2, -0.15) is 0 Å². The molecule has 6 heteroatoms. The molecule has 0 atom stereocenters. The Balaban J connectivity index is 1.83. The highest BCUT2D eigenvalue weighted by Gasteiger charge is 2.01. The lowest BCUT2D eigenvalue weighted by Gasteiger charge is -2.12. The molecule has 0 aliphatic rings. The largest absolute Gasteiger partial charge is 0.494 e. The minimum absolute atomic E-state index is 0.626. The summed E-state index contributed by atoms with van der Waals surface area (Å²) in [7, 11) is 4.22. The Kier molecular flexibility index (Phi) is 7.50. The van der Waals surface area contributed by atoms with Crippen molar-refractivity contribution in [3.63, 3.8) is 0 Å². The molecule has 2 rings (SSSR count). The lowest BCUT2D eigenvalue weighted by atomic mass is 10.3. The lowest BCUT2D eigenvalue weighted by Crippen LogP contribution is -3.06. The summed E-state index contributed by atoms with van der Waals surface area (Å²) in [5.74, 6) is 2.38. The van der Waals surface area contributed by atoms with E-state index in [0.29, 0.717) is 11.7 Å². The van der Waals surface area contributed by atoms with E-state index in [2.05, 4.69) is 24.7 Å². The normalized spacial score (nSPS) is 10.4. The van der Waals surface area contributed by atoms with E-state index in [0.717, 1.165) is 36.0 Å². The number of nitrogens with one attached hydrogen (secondary N) is 3. The highest BCUT2D eigenvalue weighted by molar-refractivity contribution is 7.80. The Morgan fingerprint density at radius 3 is 2.08 bits per heavy atom. The van der Waals surface area contributed by atoms with Gasteiger partial charge in [0.2, 0.25) is 0 Å². The van der Waals surface area contributed by atoms with Crippen LogP contribution in [-0.4, -0.2) is 38.9 Å². The van der Waals surface area contributed by atoms with E-state index < -0.39 is 0 Å². The van der Waals surface area contributed by atoms with E-state index in [4.69, 9.17) is 21.7 Å². The number of benzene rings is 2. The molecule has 0 radical (unpaired) electrons. The van der Waals surface area contributed by atoms with Crippen molar-refractivity contribution in [1.82, 2.24) is 5.32 Å². The minimum atomic E-state index is 0.626. The van der Waals surface area contributed by atoms with Crippen LogP contribution in [0.4, 0.5) is 5.69 Å². The Bertz CT molecular complexity index is 657. The average molecular weight is 361 g/mol. The second-order valence-electron chi connectivity index (χ2n) is 5.87. The fraction of sp³-hybridized carbons (Fsp3) is 0.316. The van der Waals surface area contributed by atoms with Crippen molar-refractivity contribution in [2.75, 3.05) is 39.1 Å². The molecule has 3 N–H and O–H groups in total. The van der Waals surface area contributed by atoms with Gasteiger partial charge in [-0.15, -0.1) is 0 Å². The van der Waals surface area contributed by atoms with Gasteiger partial charge in [-0.05, 0) is 67.7 Å². The van der Waals surface area contributed by atoms with Gasteiger partial charge in [0.1, 0.15) is 17.2 Å². The van der Waals surface area contributed by atoms with Crippen LogP contribution in [0.1, 0.15) is 6.92 Å². The fourth-order valence-corrected chi connectivity index (χ4v) is 2.33. The van der Waals surface area contributed by atoms with Crippen molar-refractivity contribution in [3.05, 3.63) is 48.5 Å². The first-order valence-electron chi connectivity index (χ1n) is 8.41. The predicted octanol–water partition coefficient (Wildman–Crippen LogP) is 2.31. The quantitative estimate of drug-likeness (QED) is 0.631. The van der Waals surface area contributed by atoms with Crippen molar-refractivity contribution < 1.29 is 14.4 Å².